The van der Waals surface area contributed by atoms with Crippen molar-refractivity contribution in [2.24, 2.45) is 0 Å². The summed E-state index contributed by atoms with van der Waals surface area (Å²) < 4.78 is 0. The summed E-state index contributed by atoms with van der Waals surface area (Å²) in [6.45, 7) is 9.38. The van der Waals surface area contributed by atoms with Crippen LogP contribution in [0.25, 0.3) is 0 Å². The number of piperidine rings is 1. The highest BCUT2D eigenvalue weighted by molar-refractivity contribution is 4.81. The van der Waals surface area contributed by atoms with Gasteiger partial charge in [0.2, 0.25) is 0 Å². The molecule has 0 aromatic carbocycles. The molecule has 0 spiro atoms. The van der Waals surface area contributed by atoms with Gasteiger partial charge in [-0.2, -0.15) is 0 Å². The Balaban J connectivity index is 2.22. The first-order valence-corrected chi connectivity index (χ1v) is 7.26. The number of nitrogens with zero attached hydrogens (tertiary/aromatic N) is 2. The van der Waals surface area contributed by atoms with E-state index in [0.29, 0.717) is 6.04 Å². The monoisotopic (exact) mass is 241 g/mol. The zero-order valence-corrected chi connectivity index (χ0v) is 12.2. The first-order chi connectivity index (χ1) is 8.15. The molecule has 1 N–H and O–H groups in total. The third-order valence-electron chi connectivity index (χ3n) is 4.02. The van der Waals surface area contributed by atoms with Crippen molar-refractivity contribution in [2.75, 3.05) is 40.3 Å². The molecule has 1 saturated heterocycles. The van der Waals surface area contributed by atoms with Crippen LogP contribution < -0.4 is 5.32 Å². The van der Waals surface area contributed by atoms with E-state index in [-0.39, 0.29) is 0 Å². The lowest BCUT2D eigenvalue weighted by molar-refractivity contribution is 0.104. The summed E-state index contributed by atoms with van der Waals surface area (Å²) in [6, 6.07) is 1.39. The Bertz CT molecular complexity index is 196. The molecule has 0 aliphatic carbocycles. The maximum absolute atomic E-state index is 3.56. The lowest BCUT2D eigenvalue weighted by Crippen LogP contribution is -2.50. The van der Waals surface area contributed by atoms with Gasteiger partial charge in [-0.15, -0.1) is 0 Å². The largest absolute Gasteiger partial charge is 0.315 e. The average molecular weight is 241 g/mol. The van der Waals surface area contributed by atoms with Gasteiger partial charge in [0.15, 0.2) is 0 Å². The van der Waals surface area contributed by atoms with Gasteiger partial charge in [0.05, 0.1) is 0 Å². The van der Waals surface area contributed by atoms with E-state index in [1.807, 2.05) is 0 Å². The minimum absolute atomic E-state index is 0.642. The molecule has 0 amide bonds. The second kappa shape index (κ2) is 8.06. The van der Waals surface area contributed by atoms with Crippen LogP contribution in [0.2, 0.25) is 0 Å². The van der Waals surface area contributed by atoms with Crippen molar-refractivity contribution in [1.82, 2.24) is 15.1 Å². The maximum Gasteiger partial charge on any atom is 0.0223 e. The first kappa shape index (κ1) is 14.9. The van der Waals surface area contributed by atoms with Crippen LogP contribution in [-0.2, 0) is 0 Å². The molecule has 17 heavy (non-hydrogen) atoms. The van der Waals surface area contributed by atoms with Crippen molar-refractivity contribution in [2.45, 2.75) is 51.6 Å². The lowest BCUT2D eigenvalue weighted by atomic mass is 10.0. The Labute approximate surface area is 108 Å². The number of hydrogen-bond donors (Lipinski definition) is 1. The standard InChI is InChI=1S/C14H31N3/c1-5-6-9-15-11-13(2)17(4)14-8-7-10-16(3)12-14/h13-15H,5-12H2,1-4H3. The highest BCUT2D eigenvalue weighted by Gasteiger charge is 2.23. The average Bonchev–Trinajstić information content (AvgIpc) is 2.33. The van der Waals surface area contributed by atoms with Crippen LogP contribution in [0.5, 0.6) is 0 Å². The Morgan fingerprint density at radius 2 is 2.24 bits per heavy atom. The second-order valence-corrected chi connectivity index (χ2v) is 5.63. The molecule has 102 valence electrons. The fraction of sp³-hybridized carbons (Fsp3) is 1.00. The third-order valence-corrected chi connectivity index (χ3v) is 4.02. The van der Waals surface area contributed by atoms with Crippen molar-refractivity contribution in [3.05, 3.63) is 0 Å². The zero-order valence-electron chi connectivity index (χ0n) is 12.2. The predicted octanol–water partition coefficient (Wildman–Crippen LogP) is 1.79. The summed E-state index contributed by atoms with van der Waals surface area (Å²) in [4.78, 5) is 5.02. The van der Waals surface area contributed by atoms with Gasteiger partial charge in [-0.05, 0) is 53.4 Å². The number of nitrogens with one attached hydrogen (secondary N) is 1. The molecule has 1 heterocycles. The van der Waals surface area contributed by atoms with Crippen LogP contribution in [0.15, 0.2) is 0 Å². The van der Waals surface area contributed by atoms with E-state index in [9.17, 15) is 0 Å². The van der Waals surface area contributed by atoms with E-state index < -0.39 is 0 Å². The van der Waals surface area contributed by atoms with Crippen molar-refractivity contribution >= 4 is 0 Å². The van der Waals surface area contributed by atoms with E-state index in [4.69, 9.17) is 0 Å². The van der Waals surface area contributed by atoms with Crippen LogP contribution >= 0.6 is 0 Å². The zero-order chi connectivity index (χ0) is 12.7. The molecule has 1 aliphatic heterocycles. The van der Waals surface area contributed by atoms with Gasteiger partial charge in [-0.25, -0.2) is 0 Å². The predicted molar refractivity (Wildman–Crippen MR) is 75.5 cm³/mol. The molecule has 3 heteroatoms. The van der Waals surface area contributed by atoms with Crippen LogP contribution in [0.3, 0.4) is 0 Å². The summed E-state index contributed by atoms with van der Waals surface area (Å²) in [5, 5.41) is 3.56. The quantitative estimate of drug-likeness (QED) is 0.686. The SMILES string of the molecule is CCCCNCC(C)N(C)C1CCCN(C)C1. The van der Waals surface area contributed by atoms with Crippen LogP contribution in [0.4, 0.5) is 0 Å². The fourth-order valence-corrected chi connectivity index (χ4v) is 2.59. The molecule has 3 nitrogen and oxygen atoms in total. The van der Waals surface area contributed by atoms with Crippen molar-refractivity contribution in [3.8, 4) is 0 Å². The van der Waals surface area contributed by atoms with Gasteiger partial charge in [0.1, 0.15) is 0 Å². The number of rotatable bonds is 7. The summed E-state index contributed by atoms with van der Waals surface area (Å²) in [5.41, 5.74) is 0. The molecule has 0 saturated carbocycles. The first-order valence-electron chi connectivity index (χ1n) is 7.26. The van der Waals surface area contributed by atoms with Crippen molar-refractivity contribution in [1.29, 1.82) is 0 Å². The van der Waals surface area contributed by atoms with Crippen LogP contribution in [0, 0.1) is 0 Å². The highest BCUT2D eigenvalue weighted by atomic mass is 15.2. The fourth-order valence-electron chi connectivity index (χ4n) is 2.59. The molecule has 0 aromatic heterocycles. The summed E-state index contributed by atoms with van der Waals surface area (Å²) in [6.07, 6.45) is 5.29. The Kier molecular flexibility index (Phi) is 7.09. The normalized spacial score (nSPS) is 24.2. The molecular weight excluding hydrogens is 210 g/mol. The number of likely N-dealkylation sites (tertiary alicyclic amines) is 1. The van der Waals surface area contributed by atoms with Crippen molar-refractivity contribution in [3.63, 3.8) is 0 Å². The van der Waals surface area contributed by atoms with Gasteiger partial charge in [-0.1, -0.05) is 13.3 Å². The van der Waals surface area contributed by atoms with E-state index >= 15 is 0 Å². The minimum atomic E-state index is 0.642. The number of unbranched alkanes of at least 4 members (excludes halogenated alkanes) is 1. The smallest absolute Gasteiger partial charge is 0.0223 e. The highest BCUT2D eigenvalue weighted by Crippen LogP contribution is 2.15. The van der Waals surface area contributed by atoms with Gasteiger partial charge < -0.3 is 10.2 Å². The van der Waals surface area contributed by atoms with E-state index in [0.717, 1.165) is 12.6 Å². The molecule has 0 radical (unpaired) electrons. The third kappa shape index (κ3) is 5.36. The van der Waals surface area contributed by atoms with Gasteiger partial charge in [0.25, 0.3) is 0 Å². The van der Waals surface area contributed by atoms with Gasteiger partial charge in [0, 0.05) is 25.2 Å². The molecule has 2 atom stereocenters. The maximum atomic E-state index is 3.56. The second-order valence-electron chi connectivity index (χ2n) is 5.63. The van der Waals surface area contributed by atoms with E-state index in [2.05, 4.69) is 43.1 Å². The van der Waals surface area contributed by atoms with Gasteiger partial charge >= 0.3 is 0 Å². The van der Waals surface area contributed by atoms with Crippen LogP contribution in [0.1, 0.15) is 39.5 Å². The number of likely N-dealkylation sites (N-methyl/N-ethyl adjacent to an activating group) is 2. The van der Waals surface area contributed by atoms with E-state index in [1.54, 1.807) is 0 Å². The van der Waals surface area contributed by atoms with E-state index in [1.165, 1.54) is 45.3 Å². The molecule has 1 aliphatic rings. The van der Waals surface area contributed by atoms with Gasteiger partial charge in [-0.3, -0.25) is 4.90 Å². The van der Waals surface area contributed by atoms with Crippen molar-refractivity contribution < 1.29 is 0 Å². The number of hydrogen-bond acceptors (Lipinski definition) is 3. The summed E-state index contributed by atoms with van der Waals surface area (Å²) in [7, 11) is 4.53. The lowest BCUT2D eigenvalue weighted by Gasteiger charge is -2.39. The molecule has 1 fully saturated rings. The molecule has 2 unspecified atom stereocenters. The topological polar surface area (TPSA) is 18.5 Å². The Hall–Kier alpha value is -0.120. The minimum Gasteiger partial charge on any atom is -0.315 e. The molecule has 1 rings (SSSR count). The molecular formula is C14H31N3. The Morgan fingerprint density at radius 1 is 1.47 bits per heavy atom. The summed E-state index contributed by atoms with van der Waals surface area (Å²) >= 11 is 0. The van der Waals surface area contributed by atoms with Crippen LogP contribution in [-0.4, -0.2) is 62.2 Å². The molecule has 0 aromatic rings. The molecule has 0 bridgehead atoms. The summed E-state index contributed by atoms with van der Waals surface area (Å²) in [5.74, 6) is 0. The Morgan fingerprint density at radius 3 is 2.88 bits per heavy atom.